The second kappa shape index (κ2) is 5.28. The molecule has 112 valence electrons. The van der Waals surface area contributed by atoms with Gasteiger partial charge in [-0.25, -0.2) is 13.1 Å². The Morgan fingerprint density at radius 1 is 1.19 bits per heavy atom. The summed E-state index contributed by atoms with van der Waals surface area (Å²) in [5.41, 5.74) is 3.15. The number of rotatable bonds is 3. The van der Waals surface area contributed by atoms with Crippen molar-refractivity contribution in [2.24, 2.45) is 0 Å². The van der Waals surface area contributed by atoms with Crippen molar-refractivity contribution in [3.8, 4) is 5.69 Å². The van der Waals surface area contributed by atoms with Crippen LogP contribution in [0.3, 0.4) is 0 Å². The highest BCUT2D eigenvalue weighted by Crippen LogP contribution is 2.15. The van der Waals surface area contributed by atoms with E-state index in [2.05, 4.69) is 10.2 Å². The van der Waals surface area contributed by atoms with Crippen LogP contribution in [0.5, 0.6) is 0 Å². The SMILES string of the molecule is Cc1ccc(-n2nc(C)c(C(=O)NS(C)(=O)=O)n2)c(C)c1. The molecule has 1 aromatic carbocycles. The molecule has 0 atom stereocenters. The number of aromatic nitrogens is 3. The smallest absolute Gasteiger partial charge is 0.266 e. The number of benzene rings is 1. The number of sulfonamides is 1. The topological polar surface area (TPSA) is 94.0 Å². The first kappa shape index (κ1) is 15.2. The van der Waals surface area contributed by atoms with Crippen LogP contribution in [0.4, 0.5) is 0 Å². The molecular weight excluding hydrogens is 292 g/mol. The van der Waals surface area contributed by atoms with Crippen LogP contribution in [0.1, 0.15) is 27.3 Å². The van der Waals surface area contributed by atoms with Gasteiger partial charge < -0.3 is 0 Å². The molecule has 2 rings (SSSR count). The van der Waals surface area contributed by atoms with E-state index in [9.17, 15) is 13.2 Å². The highest BCUT2D eigenvalue weighted by Gasteiger charge is 2.19. The van der Waals surface area contributed by atoms with Crippen LogP contribution in [0.25, 0.3) is 5.69 Å². The van der Waals surface area contributed by atoms with Crippen LogP contribution in [0.15, 0.2) is 18.2 Å². The molecule has 0 saturated heterocycles. The van der Waals surface area contributed by atoms with Crippen molar-refractivity contribution in [3.63, 3.8) is 0 Å². The molecule has 0 spiro atoms. The molecule has 21 heavy (non-hydrogen) atoms. The minimum atomic E-state index is -3.63. The predicted molar refractivity (Wildman–Crippen MR) is 77.9 cm³/mol. The van der Waals surface area contributed by atoms with E-state index in [4.69, 9.17) is 0 Å². The summed E-state index contributed by atoms with van der Waals surface area (Å²) in [6.07, 6.45) is 0.911. The maximum absolute atomic E-state index is 11.9. The van der Waals surface area contributed by atoms with Crippen LogP contribution in [-0.4, -0.2) is 35.6 Å². The van der Waals surface area contributed by atoms with Gasteiger partial charge in [-0.3, -0.25) is 4.79 Å². The number of carbonyl (C=O) groups is 1. The normalized spacial score (nSPS) is 11.4. The number of aryl methyl sites for hydroxylation is 3. The molecule has 0 aliphatic heterocycles. The van der Waals surface area contributed by atoms with Crippen molar-refractivity contribution in [2.45, 2.75) is 20.8 Å². The van der Waals surface area contributed by atoms with E-state index < -0.39 is 15.9 Å². The van der Waals surface area contributed by atoms with Crippen molar-refractivity contribution in [1.82, 2.24) is 19.7 Å². The van der Waals surface area contributed by atoms with Crippen molar-refractivity contribution in [2.75, 3.05) is 6.26 Å². The number of nitrogens with one attached hydrogen (secondary N) is 1. The fourth-order valence-corrected chi connectivity index (χ4v) is 2.38. The molecule has 8 heteroatoms. The molecule has 2 aromatic rings. The van der Waals surface area contributed by atoms with Crippen LogP contribution in [-0.2, 0) is 10.0 Å². The van der Waals surface area contributed by atoms with E-state index in [0.29, 0.717) is 5.69 Å². The molecular formula is C13H16N4O3S. The fourth-order valence-electron chi connectivity index (χ4n) is 1.94. The molecule has 1 aromatic heterocycles. The van der Waals surface area contributed by atoms with Gasteiger partial charge in [-0.1, -0.05) is 17.7 Å². The minimum Gasteiger partial charge on any atom is -0.266 e. The summed E-state index contributed by atoms with van der Waals surface area (Å²) in [4.78, 5) is 13.2. The Hall–Kier alpha value is -2.22. The van der Waals surface area contributed by atoms with Gasteiger partial charge in [0.05, 0.1) is 17.6 Å². The monoisotopic (exact) mass is 308 g/mol. The van der Waals surface area contributed by atoms with E-state index in [1.807, 2.05) is 36.8 Å². The molecule has 0 bridgehead atoms. The first-order valence-electron chi connectivity index (χ1n) is 6.21. The van der Waals surface area contributed by atoms with Gasteiger partial charge in [-0.05, 0) is 32.4 Å². The standard InChI is InChI=1S/C13H16N4O3S/c1-8-5-6-11(9(2)7-8)17-14-10(3)12(15-17)13(18)16-21(4,19)20/h5-7H,1-4H3,(H,16,18). The third-order valence-electron chi connectivity index (χ3n) is 2.84. The predicted octanol–water partition coefficient (Wildman–Crippen LogP) is 0.882. The van der Waals surface area contributed by atoms with E-state index in [1.165, 1.54) is 4.80 Å². The van der Waals surface area contributed by atoms with Gasteiger partial charge in [-0.2, -0.15) is 9.90 Å². The lowest BCUT2D eigenvalue weighted by Gasteiger charge is -2.04. The summed E-state index contributed by atoms with van der Waals surface area (Å²) in [7, 11) is -3.63. The zero-order chi connectivity index (χ0) is 15.8. The summed E-state index contributed by atoms with van der Waals surface area (Å²) < 4.78 is 24.1. The lowest BCUT2D eigenvalue weighted by Crippen LogP contribution is -2.30. The minimum absolute atomic E-state index is 0.0135. The Kier molecular flexibility index (Phi) is 3.82. The quantitative estimate of drug-likeness (QED) is 0.908. The molecule has 0 aliphatic carbocycles. The fraction of sp³-hybridized carbons (Fsp3) is 0.308. The Labute approximate surface area is 123 Å². The average Bonchev–Trinajstić information content (AvgIpc) is 2.68. The second-order valence-electron chi connectivity index (χ2n) is 4.92. The summed E-state index contributed by atoms with van der Waals surface area (Å²) in [5, 5.41) is 8.26. The van der Waals surface area contributed by atoms with E-state index in [-0.39, 0.29) is 5.69 Å². The summed E-state index contributed by atoms with van der Waals surface area (Å²) in [6, 6.07) is 5.74. The van der Waals surface area contributed by atoms with Gasteiger partial charge in [0.25, 0.3) is 5.91 Å². The highest BCUT2D eigenvalue weighted by atomic mass is 32.2. The van der Waals surface area contributed by atoms with Crippen LogP contribution in [0.2, 0.25) is 0 Å². The highest BCUT2D eigenvalue weighted by molar-refractivity contribution is 7.89. The van der Waals surface area contributed by atoms with Crippen molar-refractivity contribution in [3.05, 3.63) is 40.7 Å². The first-order chi connectivity index (χ1) is 9.67. The van der Waals surface area contributed by atoms with Crippen LogP contribution in [0, 0.1) is 20.8 Å². The van der Waals surface area contributed by atoms with Gasteiger partial charge in [-0.15, -0.1) is 5.10 Å². The van der Waals surface area contributed by atoms with Gasteiger partial charge in [0, 0.05) is 0 Å². The molecule has 1 N–H and O–H groups in total. The number of amides is 1. The molecule has 0 unspecified atom stereocenters. The number of nitrogens with zero attached hydrogens (tertiary/aromatic N) is 3. The third-order valence-corrected chi connectivity index (χ3v) is 3.40. The van der Waals surface area contributed by atoms with E-state index in [1.54, 1.807) is 6.92 Å². The molecule has 0 radical (unpaired) electrons. The summed E-state index contributed by atoms with van der Waals surface area (Å²) in [5.74, 6) is -0.786. The molecule has 1 heterocycles. The Morgan fingerprint density at radius 3 is 2.43 bits per heavy atom. The Bertz CT molecular complexity index is 809. The number of carbonyl (C=O) groups excluding carboxylic acids is 1. The molecule has 1 amide bonds. The molecule has 0 aliphatic rings. The Balaban J connectivity index is 2.41. The van der Waals surface area contributed by atoms with Gasteiger partial charge >= 0.3 is 0 Å². The lowest BCUT2D eigenvalue weighted by molar-refractivity contribution is 0.0976. The zero-order valence-electron chi connectivity index (χ0n) is 12.2. The van der Waals surface area contributed by atoms with Crippen molar-refractivity contribution < 1.29 is 13.2 Å². The van der Waals surface area contributed by atoms with Gasteiger partial charge in [0.2, 0.25) is 10.0 Å². The van der Waals surface area contributed by atoms with Gasteiger partial charge in [0.15, 0.2) is 5.69 Å². The summed E-state index contributed by atoms with van der Waals surface area (Å²) >= 11 is 0. The number of hydrogen-bond donors (Lipinski definition) is 1. The van der Waals surface area contributed by atoms with Crippen molar-refractivity contribution >= 4 is 15.9 Å². The number of hydrogen-bond acceptors (Lipinski definition) is 5. The average molecular weight is 308 g/mol. The maximum atomic E-state index is 11.9. The third kappa shape index (κ3) is 3.46. The van der Waals surface area contributed by atoms with Crippen LogP contribution < -0.4 is 4.72 Å². The molecule has 7 nitrogen and oxygen atoms in total. The maximum Gasteiger partial charge on any atom is 0.287 e. The summed E-state index contributed by atoms with van der Waals surface area (Å²) in [6.45, 7) is 5.49. The van der Waals surface area contributed by atoms with Crippen molar-refractivity contribution in [1.29, 1.82) is 0 Å². The second-order valence-corrected chi connectivity index (χ2v) is 6.67. The lowest BCUT2D eigenvalue weighted by atomic mass is 10.1. The van der Waals surface area contributed by atoms with E-state index in [0.717, 1.165) is 23.1 Å². The van der Waals surface area contributed by atoms with E-state index >= 15 is 0 Å². The first-order valence-corrected chi connectivity index (χ1v) is 8.10. The zero-order valence-corrected chi connectivity index (χ0v) is 13.0. The van der Waals surface area contributed by atoms with Crippen LogP contribution >= 0.6 is 0 Å². The Morgan fingerprint density at radius 2 is 1.86 bits per heavy atom. The molecule has 0 saturated carbocycles. The molecule has 0 fully saturated rings. The largest absolute Gasteiger partial charge is 0.287 e. The van der Waals surface area contributed by atoms with Gasteiger partial charge in [0.1, 0.15) is 0 Å².